The van der Waals surface area contributed by atoms with Gasteiger partial charge >= 0.3 is 12.1 Å². The SMILES string of the molecule is O=C(C=Cc1ccccc1)NCCOc1ccc(-c2noc(C(F)(F)F)n2)cc1. The molecule has 0 fully saturated rings. The van der Waals surface area contributed by atoms with Gasteiger partial charge in [-0.1, -0.05) is 35.5 Å². The van der Waals surface area contributed by atoms with Gasteiger partial charge in [-0.2, -0.15) is 18.2 Å². The van der Waals surface area contributed by atoms with Gasteiger partial charge in [0.1, 0.15) is 12.4 Å². The Morgan fingerprint density at radius 1 is 1.10 bits per heavy atom. The first-order chi connectivity index (χ1) is 13.9. The van der Waals surface area contributed by atoms with Gasteiger partial charge in [-0.15, -0.1) is 0 Å². The third-order valence-electron chi connectivity index (χ3n) is 3.68. The third kappa shape index (κ3) is 5.93. The van der Waals surface area contributed by atoms with Gasteiger partial charge in [0.25, 0.3) is 0 Å². The van der Waals surface area contributed by atoms with Gasteiger partial charge in [0.15, 0.2) is 0 Å². The summed E-state index contributed by atoms with van der Waals surface area (Å²) in [5, 5.41) is 6.00. The van der Waals surface area contributed by atoms with Crippen molar-refractivity contribution < 1.29 is 27.2 Å². The topological polar surface area (TPSA) is 77.2 Å². The number of rotatable bonds is 7. The molecule has 0 aliphatic carbocycles. The number of nitrogens with one attached hydrogen (secondary N) is 1. The Hall–Kier alpha value is -3.62. The molecule has 29 heavy (non-hydrogen) atoms. The molecule has 3 rings (SSSR count). The van der Waals surface area contributed by atoms with Crippen LogP contribution in [0.3, 0.4) is 0 Å². The van der Waals surface area contributed by atoms with Crippen molar-refractivity contribution >= 4 is 12.0 Å². The molecule has 0 aliphatic rings. The van der Waals surface area contributed by atoms with Crippen LogP contribution in [0.4, 0.5) is 13.2 Å². The Labute approximate surface area is 164 Å². The molecular formula is C20H16F3N3O3. The Kier molecular flexibility index (Phi) is 6.28. The van der Waals surface area contributed by atoms with E-state index in [0.29, 0.717) is 17.9 Å². The molecule has 1 amide bonds. The summed E-state index contributed by atoms with van der Waals surface area (Å²) in [4.78, 5) is 15.1. The van der Waals surface area contributed by atoms with Crippen LogP contribution in [-0.4, -0.2) is 29.2 Å². The van der Waals surface area contributed by atoms with E-state index in [2.05, 4.69) is 20.0 Å². The number of benzene rings is 2. The average Bonchev–Trinajstić information content (AvgIpc) is 3.22. The van der Waals surface area contributed by atoms with E-state index in [9.17, 15) is 18.0 Å². The second-order valence-electron chi connectivity index (χ2n) is 5.83. The number of hydrogen-bond donors (Lipinski definition) is 1. The molecule has 1 heterocycles. The van der Waals surface area contributed by atoms with Crippen LogP contribution >= 0.6 is 0 Å². The van der Waals surface area contributed by atoms with Crippen LogP contribution in [0.1, 0.15) is 11.5 Å². The highest BCUT2D eigenvalue weighted by molar-refractivity contribution is 5.91. The molecule has 0 atom stereocenters. The number of nitrogens with zero attached hydrogens (tertiary/aromatic N) is 2. The first kappa shape index (κ1) is 20.1. The maximum absolute atomic E-state index is 12.5. The standard InChI is InChI=1S/C20H16F3N3O3/c21-20(22,23)19-25-18(26-29-19)15-7-9-16(10-8-15)28-13-12-24-17(27)11-6-14-4-2-1-3-5-14/h1-11H,12-13H2,(H,24,27). The lowest BCUT2D eigenvalue weighted by molar-refractivity contribution is -0.159. The predicted molar refractivity (Wildman–Crippen MR) is 98.7 cm³/mol. The fraction of sp³-hybridized carbons (Fsp3) is 0.150. The average molecular weight is 403 g/mol. The molecule has 0 aliphatic heterocycles. The summed E-state index contributed by atoms with van der Waals surface area (Å²) in [7, 11) is 0. The number of hydrogen-bond acceptors (Lipinski definition) is 5. The molecular weight excluding hydrogens is 387 g/mol. The summed E-state index contributed by atoms with van der Waals surface area (Å²) in [5.41, 5.74) is 1.28. The highest BCUT2D eigenvalue weighted by Crippen LogP contribution is 2.29. The number of amides is 1. The molecule has 0 spiro atoms. The van der Waals surface area contributed by atoms with Crippen molar-refractivity contribution in [3.05, 3.63) is 72.1 Å². The first-order valence-corrected chi connectivity index (χ1v) is 8.57. The number of alkyl halides is 3. The zero-order valence-corrected chi connectivity index (χ0v) is 15.0. The van der Waals surface area contributed by atoms with Gasteiger partial charge in [-0.3, -0.25) is 4.79 Å². The molecule has 0 saturated heterocycles. The van der Waals surface area contributed by atoms with Crippen molar-refractivity contribution in [1.82, 2.24) is 15.5 Å². The zero-order chi connectivity index (χ0) is 20.7. The maximum atomic E-state index is 12.5. The summed E-state index contributed by atoms with van der Waals surface area (Å²) < 4.78 is 47.2. The Bertz CT molecular complexity index is 968. The van der Waals surface area contributed by atoms with Gasteiger partial charge in [-0.05, 0) is 35.9 Å². The van der Waals surface area contributed by atoms with Crippen molar-refractivity contribution in [2.24, 2.45) is 0 Å². The monoisotopic (exact) mass is 403 g/mol. The Morgan fingerprint density at radius 3 is 2.48 bits per heavy atom. The van der Waals surface area contributed by atoms with E-state index in [4.69, 9.17) is 4.74 Å². The van der Waals surface area contributed by atoms with Gasteiger partial charge in [0.05, 0.1) is 6.54 Å². The van der Waals surface area contributed by atoms with Crippen LogP contribution in [0.5, 0.6) is 5.75 Å². The van der Waals surface area contributed by atoms with Gasteiger partial charge in [0.2, 0.25) is 11.7 Å². The van der Waals surface area contributed by atoms with E-state index in [0.717, 1.165) is 5.56 Å². The highest BCUT2D eigenvalue weighted by atomic mass is 19.4. The van der Waals surface area contributed by atoms with E-state index < -0.39 is 12.1 Å². The quantitative estimate of drug-likeness (QED) is 0.477. The van der Waals surface area contributed by atoms with Crippen LogP contribution < -0.4 is 10.1 Å². The van der Waals surface area contributed by atoms with Crippen molar-refractivity contribution in [1.29, 1.82) is 0 Å². The van der Waals surface area contributed by atoms with Crippen LogP contribution in [0.25, 0.3) is 17.5 Å². The van der Waals surface area contributed by atoms with Crippen LogP contribution in [0.15, 0.2) is 65.2 Å². The third-order valence-corrected chi connectivity index (χ3v) is 3.68. The molecule has 0 unspecified atom stereocenters. The van der Waals surface area contributed by atoms with Gasteiger partial charge in [-0.25, -0.2) is 0 Å². The molecule has 150 valence electrons. The van der Waals surface area contributed by atoms with Crippen molar-refractivity contribution in [2.75, 3.05) is 13.2 Å². The van der Waals surface area contributed by atoms with Crippen LogP contribution in [0, 0.1) is 0 Å². The molecule has 3 aromatic rings. The largest absolute Gasteiger partial charge is 0.492 e. The van der Waals surface area contributed by atoms with E-state index in [-0.39, 0.29) is 18.3 Å². The fourth-order valence-electron chi connectivity index (χ4n) is 2.29. The lowest BCUT2D eigenvalue weighted by Gasteiger charge is -2.07. The summed E-state index contributed by atoms with van der Waals surface area (Å²) in [6, 6.07) is 15.6. The first-order valence-electron chi connectivity index (χ1n) is 8.57. The minimum absolute atomic E-state index is 0.165. The molecule has 0 radical (unpaired) electrons. The number of aromatic nitrogens is 2. The molecule has 9 heteroatoms. The predicted octanol–water partition coefficient (Wildman–Crippen LogP) is 3.96. The normalized spacial score (nSPS) is 11.6. The molecule has 1 N–H and O–H groups in total. The summed E-state index contributed by atoms with van der Waals surface area (Å²) >= 11 is 0. The second-order valence-corrected chi connectivity index (χ2v) is 5.83. The lowest BCUT2D eigenvalue weighted by Crippen LogP contribution is -2.26. The van der Waals surface area contributed by atoms with Crippen LogP contribution in [-0.2, 0) is 11.0 Å². The minimum Gasteiger partial charge on any atom is -0.492 e. The summed E-state index contributed by atoms with van der Waals surface area (Å²) in [6.07, 6.45) is -1.55. The fourth-order valence-corrected chi connectivity index (χ4v) is 2.29. The molecule has 1 aromatic heterocycles. The van der Waals surface area contributed by atoms with E-state index in [1.807, 2.05) is 30.3 Å². The highest BCUT2D eigenvalue weighted by Gasteiger charge is 2.38. The molecule has 2 aromatic carbocycles. The van der Waals surface area contributed by atoms with Crippen molar-refractivity contribution in [2.45, 2.75) is 6.18 Å². The zero-order valence-electron chi connectivity index (χ0n) is 15.0. The Morgan fingerprint density at radius 2 is 1.83 bits per heavy atom. The lowest BCUT2D eigenvalue weighted by atomic mass is 10.2. The summed E-state index contributed by atoms with van der Waals surface area (Å²) in [5.74, 6) is -1.32. The minimum atomic E-state index is -4.69. The molecule has 0 bridgehead atoms. The van der Waals surface area contributed by atoms with Crippen LogP contribution in [0.2, 0.25) is 0 Å². The number of carbonyl (C=O) groups excluding carboxylic acids is 1. The number of ether oxygens (including phenoxy) is 1. The van der Waals surface area contributed by atoms with E-state index in [1.165, 1.54) is 18.2 Å². The van der Waals surface area contributed by atoms with Gasteiger partial charge < -0.3 is 14.6 Å². The maximum Gasteiger partial charge on any atom is 0.471 e. The Balaban J connectivity index is 1.44. The van der Waals surface area contributed by atoms with Crippen molar-refractivity contribution in [3.63, 3.8) is 0 Å². The summed E-state index contributed by atoms with van der Waals surface area (Å²) in [6.45, 7) is 0.518. The number of carbonyl (C=O) groups is 1. The number of halogens is 3. The smallest absolute Gasteiger partial charge is 0.471 e. The van der Waals surface area contributed by atoms with E-state index in [1.54, 1.807) is 18.2 Å². The van der Waals surface area contributed by atoms with Gasteiger partial charge in [0, 0.05) is 11.6 Å². The molecule has 6 nitrogen and oxygen atoms in total. The molecule has 0 saturated carbocycles. The van der Waals surface area contributed by atoms with E-state index >= 15 is 0 Å². The second kappa shape index (κ2) is 9.05. The van der Waals surface area contributed by atoms with Crippen molar-refractivity contribution in [3.8, 4) is 17.1 Å².